The Bertz CT molecular complexity index is 1680. The molecular weight excluding hydrogens is 576 g/mol. The Hall–Kier alpha value is -4.55. The molecule has 5 rings (SSSR count). The topological polar surface area (TPSA) is 133 Å². The smallest absolute Gasteiger partial charge is 0.269 e. The maximum Gasteiger partial charge on any atom is 0.269 e. The van der Waals surface area contributed by atoms with Crippen molar-refractivity contribution in [3.63, 3.8) is 0 Å². The molecule has 0 spiro atoms. The number of fused-ring (bicyclic) bond motifs is 1. The zero-order chi connectivity index (χ0) is 29.1. The van der Waals surface area contributed by atoms with E-state index < -0.39 is 23.8 Å². The van der Waals surface area contributed by atoms with Crippen molar-refractivity contribution in [1.82, 2.24) is 25.1 Å². The molecule has 1 aliphatic rings. The van der Waals surface area contributed by atoms with Gasteiger partial charge < -0.3 is 20.1 Å². The predicted molar refractivity (Wildman–Crippen MR) is 149 cm³/mol. The first-order valence-electron chi connectivity index (χ1n) is 12.3. The number of rotatable bonds is 8. The lowest BCUT2D eigenvalue weighted by atomic mass is 9.99. The van der Waals surface area contributed by atoms with Gasteiger partial charge in [0.25, 0.3) is 11.8 Å². The number of aromatic nitrogens is 4. The highest BCUT2D eigenvalue weighted by Crippen LogP contribution is 2.35. The molecule has 0 radical (unpaired) electrons. The molecule has 1 unspecified atom stereocenters. The second kappa shape index (κ2) is 11.9. The van der Waals surface area contributed by atoms with E-state index >= 15 is 0 Å². The Kier molecular flexibility index (Phi) is 8.13. The molecule has 3 heterocycles. The number of para-hydroxylation sites is 1. The van der Waals surface area contributed by atoms with E-state index in [0.29, 0.717) is 40.0 Å². The van der Waals surface area contributed by atoms with Gasteiger partial charge in [-0.1, -0.05) is 41.4 Å². The minimum absolute atomic E-state index is 0.0802. The Morgan fingerprint density at radius 3 is 2.78 bits per heavy atom. The van der Waals surface area contributed by atoms with Crippen LogP contribution in [0.1, 0.15) is 34.2 Å². The van der Waals surface area contributed by atoms with Crippen LogP contribution >= 0.6 is 23.2 Å². The number of aliphatic imine (C=N–C) groups is 1. The van der Waals surface area contributed by atoms with Crippen molar-refractivity contribution in [2.75, 3.05) is 12.4 Å². The van der Waals surface area contributed by atoms with E-state index in [1.54, 1.807) is 35.0 Å². The second-order valence-corrected chi connectivity index (χ2v) is 9.48. The number of anilines is 1. The molecule has 1 aliphatic heterocycles. The molecule has 14 heteroatoms. The summed E-state index contributed by atoms with van der Waals surface area (Å²) < 4.78 is 27.0. The monoisotopic (exact) mass is 597 g/mol. The molecule has 11 nitrogen and oxygen atoms in total. The minimum Gasteiger partial charge on any atom is -0.496 e. The van der Waals surface area contributed by atoms with E-state index in [2.05, 4.69) is 30.7 Å². The number of benzene rings is 2. The molecule has 4 aromatic rings. The molecule has 0 saturated heterocycles. The van der Waals surface area contributed by atoms with Crippen LogP contribution in [0.5, 0.6) is 11.6 Å². The summed E-state index contributed by atoms with van der Waals surface area (Å²) in [4.78, 5) is 39.3. The lowest BCUT2D eigenvalue weighted by molar-refractivity contribution is -0.117. The van der Waals surface area contributed by atoms with Gasteiger partial charge in [0, 0.05) is 17.1 Å². The first kappa shape index (κ1) is 28.0. The Balaban J connectivity index is 1.51. The molecular formula is C27H22Cl2FN7O4. The van der Waals surface area contributed by atoms with E-state index in [-0.39, 0.29) is 28.8 Å². The number of hydrogen-bond acceptors (Lipinski definition) is 8. The lowest BCUT2D eigenvalue weighted by Gasteiger charge is -2.16. The Morgan fingerprint density at radius 1 is 1.20 bits per heavy atom. The zero-order valence-electron chi connectivity index (χ0n) is 21.7. The van der Waals surface area contributed by atoms with Crippen molar-refractivity contribution in [3.8, 4) is 11.6 Å². The van der Waals surface area contributed by atoms with Crippen LogP contribution in [0.2, 0.25) is 10.0 Å². The average Bonchev–Trinajstić information content (AvgIpc) is 3.37. The van der Waals surface area contributed by atoms with Crippen LogP contribution in [-0.4, -0.2) is 50.6 Å². The van der Waals surface area contributed by atoms with E-state index in [9.17, 15) is 14.0 Å². The number of ether oxygens (including phenoxy) is 2. The molecule has 2 aromatic heterocycles. The summed E-state index contributed by atoms with van der Waals surface area (Å²) in [5, 5.41) is 9.92. The average molecular weight is 598 g/mol. The van der Waals surface area contributed by atoms with E-state index in [0.717, 1.165) is 12.3 Å². The fourth-order valence-electron chi connectivity index (χ4n) is 4.20. The van der Waals surface area contributed by atoms with Gasteiger partial charge >= 0.3 is 0 Å². The fourth-order valence-corrected chi connectivity index (χ4v) is 4.76. The number of halogens is 3. The molecule has 2 amide bonds. The molecule has 0 saturated carbocycles. The predicted octanol–water partition coefficient (Wildman–Crippen LogP) is 4.27. The number of aryl methyl sites for hydroxylation is 1. The fraction of sp³-hybridized carbons (Fsp3) is 0.185. The van der Waals surface area contributed by atoms with Gasteiger partial charge in [-0.15, -0.1) is 0 Å². The third-order valence-electron chi connectivity index (χ3n) is 6.09. The molecule has 210 valence electrons. The summed E-state index contributed by atoms with van der Waals surface area (Å²) in [6.07, 6.45) is 0.825. The van der Waals surface area contributed by atoms with Crippen LogP contribution in [0.25, 0.3) is 0 Å². The van der Waals surface area contributed by atoms with Gasteiger partial charge in [0.2, 0.25) is 12.0 Å². The summed E-state index contributed by atoms with van der Waals surface area (Å²) in [6, 6.07) is 10.9. The summed E-state index contributed by atoms with van der Waals surface area (Å²) in [5.41, 5.74) is 1.32. The normalized spacial score (nSPS) is 14.4. The minimum atomic E-state index is -1.46. The van der Waals surface area contributed by atoms with Crippen LogP contribution in [0.4, 0.5) is 10.1 Å². The maximum absolute atomic E-state index is 14.2. The summed E-state index contributed by atoms with van der Waals surface area (Å²) in [7, 11) is 1.44. The molecule has 2 aromatic carbocycles. The largest absolute Gasteiger partial charge is 0.496 e. The molecule has 1 atom stereocenters. The van der Waals surface area contributed by atoms with Gasteiger partial charge in [0.05, 0.1) is 35.3 Å². The number of benzodiazepines with no additional fused rings is 1. The molecule has 0 aliphatic carbocycles. The number of nitrogens with one attached hydrogen (secondary N) is 2. The highest BCUT2D eigenvalue weighted by atomic mass is 35.5. The maximum atomic E-state index is 14.2. The highest BCUT2D eigenvalue weighted by Gasteiger charge is 2.30. The van der Waals surface area contributed by atoms with Gasteiger partial charge in [-0.2, -0.15) is 5.10 Å². The van der Waals surface area contributed by atoms with Crippen molar-refractivity contribution in [1.29, 1.82) is 0 Å². The summed E-state index contributed by atoms with van der Waals surface area (Å²) in [5.74, 6) is -1.66. The number of hydrogen-bond donors (Lipinski definition) is 2. The lowest BCUT2D eigenvalue weighted by Crippen LogP contribution is -2.42. The first-order valence-corrected chi connectivity index (χ1v) is 13.0. The Morgan fingerprint density at radius 2 is 2.00 bits per heavy atom. The molecule has 2 N–H and O–H groups in total. The van der Waals surface area contributed by atoms with E-state index in [1.807, 2.05) is 6.92 Å². The van der Waals surface area contributed by atoms with Gasteiger partial charge in [-0.05, 0) is 31.2 Å². The van der Waals surface area contributed by atoms with Crippen molar-refractivity contribution < 1.29 is 23.5 Å². The third kappa shape index (κ3) is 5.83. The number of pyridine rings is 1. The number of nitrogens with zero attached hydrogens (tertiary/aromatic N) is 5. The van der Waals surface area contributed by atoms with Crippen molar-refractivity contribution in [3.05, 3.63) is 93.4 Å². The summed E-state index contributed by atoms with van der Waals surface area (Å²) >= 11 is 12.8. The molecule has 0 bridgehead atoms. The standard InChI is InChI=1S/C27H22Cl2FN7O4/c1-3-37-21(32-13-33-37)12-41-27-17(10-15(30)11-31-27)25(38)36-24-26(39)34-19-7-5-4-6-16(19)23(35-24)22-18(29)8-14(28)9-20(22)40-2/h4-11,13,24H,3,12H2,1-2H3,(H,34,39)(H,36,38). The van der Waals surface area contributed by atoms with E-state index in [4.69, 9.17) is 32.7 Å². The first-order chi connectivity index (χ1) is 19.8. The van der Waals surface area contributed by atoms with Gasteiger partial charge in [0.15, 0.2) is 5.82 Å². The number of methoxy groups -OCH3 is 1. The van der Waals surface area contributed by atoms with Crippen molar-refractivity contribution >= 4 is 46.4 Å². The summed E-state index contributed by atoms with van der Waals surface area (Å²) in [6.45, 7) is 2.35. The van der Waals surface area contributed by atoms with Crippen molar-refractivity contribution in [2.45, 2.75) is 26.2 Å². The van der Waals surface area contributed by atoms with Crippen LogP contribution in [0.15, 0.2) is 60.0 Å². The van der Waals surface area contributed by atoms with Gasteiger partial charge in [-0.3, -0.25) is 9.59 Å². The SMILES string of the molecule is CCn1ncnc1COc1ncc(F)cc1C(=O)NC1N=C(c2c(Cl)cc(Cl)cc2OC)c2ccccc2NC1=O. The van der Waals surface area contributed by atoms with Gasteiger partial charge in [0.1, 0.15) is 30.1 Å². The van der Waals surface area contributed by atoms with Crippen LogP contribution < -0.4 is 20.1 Å². The number of carbonyl (C=O) groups excluding carboxylic acids is 2. The zero-order valence-corrected chi connectivity index (χ0v) is 23.2. The third-order valence-corrected chi connectivity index (χ3v) is 6.60. The molecule has 41 heavy (non-hydrogen) atoms. The second-order valence-electron chi connectivity index (χ2n) is 8.64. The van der Waals surface area contributed by atoms with Crippen LogP contribution in [0, 0.1) is 5.82 Å². The number of amides is 2. The quantitative estimate of drug-likeness (QED) is 0.310. The van der Waals surface area contributed by atoms with E-state index in [1.165, 1.54) is 19.5 Å². The molecule has 0 fully saturated rings. The number of carbonyl (C=O) groups is 2. The van der Waals surface area contributed by atoms with Crippen LogP contribution in [0.3, 0.4) is 0 Å². The highest BCUT2D eigenvalue weighted by molar-refractivity contribution is 6.39. The van der Waals surface area contributed by atoms with Gasteiger partial charge in [-0.25, -0.2) is 24.0 Å². The van der Waals surface area contributed by atoms with Crippen LogP contribution in [-0.2, 0) is 17.9 Å². The Labute approximate surface area is 243 Å². The van der Waals surface area contributed by atoms with Crippen molar-refractivity contribution in [2.24, 2.45) is 4.99 Å².